The van der Waals surface area contributed by atoms with Crippen LogP contribution in [0, 0.1) is 0 Å². The molecular weight excluding hydrogens is 816 g/mol. The van der Waals surface area contributed by atoms with Gasteiger partial charge in [0, 0.05) is 54.0 Å². The molecule has 0 atom stereocenters. The molecule has 0 amide bonds. The molecule has 0 aliphatic carbocycles. The summed E-state index contributed by atoms with van der Waals surface area (Å²) in [6.07, 6.45) is 6.86. The molecule has 4 heteroatoms. The zero-order valence-electron chi connectivity index (χ0n) is 37.7. The van der Waals surface area contributed by atoms with Crippen molar-refractivity contribution in [1.29, 1.82) is 0 Å². The SMILES string of the molecule is CCCCc1ccc(N2B3c4cc5c(cc4N(c4ccc(CCCC)cc4-c4ccccc4)c4cc(-c6ccccc6)cc(c43)-c3cc(-c4ccccc4)ccc32)sc2ccccc25)cc1. The van der Waals surface area contributed by atoms with Crippen LogP contribution in [0.3, 0.4) is 0 Å². The summed E-state index contributed by atoms with van der Waals surface area (Å²) in [7, 11) is 0. The molecule has 10 aromatic rings. The number of fused-ring (bicyclic) bond motifs is 7. The van der Waals surface area contributed by atoms with E-state index in [0.29, 0.717) is 0 Å². The summed E-state index contributed by atoms with van der Waals surface area (Å²) in [6.45, 7) is 4.47. The second kappa shape index (κ2) is 17.0. The van der Waals surface area contributed by atoms with Crippen molar-refractivity contribution in [3.8, 4) is 44.5 Å². The van der Waals surface area contributed by atoms with Crippen LogP contribution in [0.2, 0.25) is 0 Å². The van der Waals surface area contributed by atoms with Gasteiger partial charge < -0.3 is 9.71 Å². The summed E-state index contributed by atoms with van der Waals surface area (Å²) < 4.78 is 2.62. The van der Waals surface area contributed by atoms with Crippen molar-refractivity contribution in [2.24, 2.45) is 0 Å². The number of hydrogen-bond acceptors (Lipinski definition) is 3. The minimum absolute atomic E-state index is 0.102. The normalized spacial score (nSPS) is 12.7. The monoisotopic (exact) mass is 866 g/mol. The Morgan fingerprint density at radius 3 is 1.76 bits per heavy atom. The van der Waals surface area contributed by atoms with E-state index >= 15 is 0 Å². The largest absolute Gasteiger partial charge is 0.376 e. The number of nitrogens with zero attached hydrogens (tertiary/aromatic N) is 2. The quantitative estimate of drug-likeness (QED) is 0.120. The van der Waals surface area contributed by atoms with Crippen LogP contribution in [0.25, 0.3) is 64.7 Å². The van der Waals surface area contributed by atoms with Gasteiger partial charge in [0.15, 0.2) is 0 Å². The summed E-state index contributed by atoms with van der Waals surface area (Å²) in [5.74, 6) is 0. The first-order chi connectivity index (χ1) is 32.6. The second-order valence-electron chi connectivity index (χ2n) is 18.1. The average molecular weight is 867 g/mol. The van der Waals surface area contributed by atoms with Gasteiger partial charge in [-0.15, -0.1) is 11.3 Å². The first kappa shape index (κ1) is 40.4. The van der Waals surface area contributed by atoms with E-state index in [-0.39, 0.29) is 6.85 Å². The van der Waals surface area contributed by atoms with Gasteiger partial charge in [-0.1, -0.05) is 166 Å². The van der Waals surface area contributed by atoms with E-state index in [9.17, 15) is 0 Å². The number of benzene rings is 9. The van der Waals surface area contributed by atoms with E-state index in [0.717, 1.165) is 25.7 Å². The van der Waals surface area contributed by atoms with Crippen LogP contribution in [0.4, 0.5) is 28.4 Å². The molecular formula is C62H51BN2S. The van der Waals surface area contributed by atoms with E-state index in [1.165, 1.54) is 128 Å². The molecule has 66 heavy (non-hydrogen) atoms. The van der Waals surface area contributed by atoms with Crippen LogP contribution in [-0.4, -0.2) is 6.85 Å². The van der Waals surface area contributed by atoms with Crippen molar-refractivity contribution in [2.75, 3.05) is 9.71 Å². The van der Waals surface area contributed by atoms with Crippen LogP contribution in [0.5, 0.6) is 0 Å². The molecule has 2 aliphatic heterocycles. The zero-order valence-corrected chi connectivity index (χ0v) is 38.5. The molecule has 0 unspecified atom stereocenters. The zero-order chi connectivity index (χ0) is 44.1. The third kappa shape index (κ3) is 6.94. The fourth-order valence-corrected chi connectivity index (χ4v) is 11.8. The van der Waals surface area contributed by atoms with Crippen LogP contribution >= 0.6 is 11.3 Å². The Morgan fingerprint density at radius 2 is 1.03 bits per heavy atom. The van der Waals surface area contributed by atoms with Gasteiger partial charge in [-0.25, -0.2) is 0 Å². The maximum Gasteiger partial charge on any atom is 0.333 e. The van der Waals surface area contributed by atoms with Crippen molar-refractivity contribution in [3.63, 3.8) is 0 Å². The molecule has 0 N–H and O–H groups in total. The summed E-state index contributed by atoms with van der Waals surface area (Å²) >= 11 is 1.90. The second-order valence-corrected chi connectivity index (χ2v) is 19.2. The molecule has 1 aromatic heterocycles. The van der Waals surface area contributed by atoms with Gasteiger partial charge in [0.05, 0.1) is 5.69 Å². The molecule has 2 nitrogen and oxygen atoms in total. The number of anilines is 5. The van der Waals surface area contributed by atoms with E-state index < -0.39 is 0 Å². The Hall–Kier alpha value is -7.14. The number of unbranched alkanes of at least 4 members (excludes halogenated alkanes) is 2. The Bertz CT molecular complexity index is 3400. The molecule has 2 aliphatic rings. The van der Waals surface area contributed by atoms with Gasteiger partial charge in [0.2, 0.25) is 0 Å². The minimum Gasteiger partial charge on any atom is -0.376 e. The smallest absolute Gasteiger partial charge is 0.333 e. The Labute approximate surface area is 393 Å². The Morgan fingerprint density at radius 1 is 0.409 bits per heavy atom. The third-order valence-corrected chi connectivity index (χ3v) is 15.1. The summed E-state index contributed by atoms with van der Waals surface area (Å²) in [6, 6.07) is 76.0. The highest BCUT2D eigenvalue weighted by molar-refractivity contribution is 7.26. The molecule has 0 saturated carbocycles. The van der Waals surface area contributed by atoms with Crippen molar-refractivity contribution in [3.05, 3.63) is 211 Å². The lowest BCUT2D eigenvalue weighted by Gasteiger charge is -2.46. The Kier molecular flexibility index (Phi) is 10.4. The third-order valence-electron chi connectivity index (χ3n) is 14.0. The molecule has 9 aromatic carbocycles. The van der Waals surface area contributed by atoms with Crippen LogP contribution in [0.1, 0.15) is 50.7 Å². The predicted molar refractivity (Wildman–Crippen MR) is 287 cm³/mol. The summed E-state index contributed by atoms with van der Waals surface area (Å²) in [5.41, 5.74) is 21.4. The van der Waals surface area contributed by atoms with Gasteiger partial charge in [-0.3, -0.25) is 0 Å². The molecule has 0 fully saturated rings. The first-order valence-corrected chi connectivity index (χ1v) is 24.7. The van der Waals surface area contributed by atoms with Crippen molar-refractivity contribution in [2.45, 2.75) is 52.4 Å². The molecule has 0 spiro atoms. The topological polar surface area (TPSA) is 6.48 Å². The lowest BCUT2D eigenvalue weighted by Crippen LogP contribution is -2.61. The number of hydrogen-bond donors (Lipinski definition) is 0. The van der Waals surface area contributed by atoms with E-state index in [1.807, 2.05) is 11.3 Å². The van der Waals surface area contributed by atoms with Crippen molar-refractivity contribution < 1.29 is 0 Å². The van der Waals surface area contributed by atoms with Crippen LogP contribution in [-0.2, 0) is 12.8 Å². The molecule has 0 bridgehead atoms. The number of rotatable bonds is 11. The van der Waals surface area contributed by atoms with Crippen molar-refractivity contribution >= 4 is 77.7 Å². The highest BCUT2D eigenvalue weighted by Crippen LogP contribution is 2.51. The lowest BCUT2D eigenvalue weighted by atomic mass is 9.43. The maximum atomic E-state index is 2.67. The molecule has 3 heterocycles. The van der Waals surface area contributed by atoms with Gasteiger partial charge in [0.25, 0.3) is 0 Å². The number of aryl methyl sites for hydroxylation is 2. The lowest BCUT2D eigenvalue weighted by molar-refractivity contribution is 0.795. The minimum atomic E-state index is -0.102. The van der Waals surface area contributed by atoms with E-state index in [1.54, 1.807) is 0 Å². The highest BCUT2D eigenvalue weighted by atomic mass is 32.1. The highest BCUT2D eigenvalue weighted by Gasteiger charge is 2.46. The summed E-state index contributed by atoms with van der Waals surface area (Å²) in [5, 5.41) is 2.64. The fraction of sp³-hybridized carbons (Fsp3) is 0.129. The molecule has 0 saturated heterocycles. The van der Waals surface area contributed by atoms with Crippen molar-refractivity contribution in [1.82, 2.24) is 0 Å². The number of thiophene rings is 1. The fourth-order valence-electron chi connectivity index (χ4n) is 10.7. The van der Waals surface area contributed by atoms with Crippen LogP contribution < -0.4 is 20.6 Å². The van der Waals surface area contributed by atoms with Gasteiger partial charge in [-0.05, 0) is 142 Å². The molecule has 12 rings (SSSR count). The maximum absolute atomic E-state index is 2.67. The predicted octanol–water partition coefficient (Wildman–Crippen LogP) is 16.4. The average Bonchev–Trinajstić information content (AvgIpc) is 3.75. The van der Waals surface area contributed by atoms with Gasteiger partial charge >= 0.3 is 6.85 Å². The standard InChI is InChI=1S/C62H51BN2S/c1-3-5-18-42-28-32-49(33-29-42)65-57-35-31-47(44-20-10-7-11-21-44)37-52(57)54-38-48(45-22-12-8-13-23-45)39-59-62(54)63(65)55-40-53-50-26-16-17-27-60(50)66-61(53)41-58(55)64(59)56-34-30-43(19-6-4-2)36-51(56)46-24-14-9-15-25-46/h7-17,20-41H,3-6,18-19H2,1-2H3. The summed E-state index contributed by atoms with van der Waals surface area (Å²) in [4.78, 5) is 5.31. The van der Waals surface area contributed by atoms with Gasteiger partial charge in [-0.2, -0.15) is 0 Å². The van der Waals surface area contributed by atoms with Crippen LogP contribution in [0.15, 0.2) is 200 Å². The van der Waals surface area contributed by atoms with E-state index in [2.05, 4.69) is 224 Å². The Balaban J connectivity index is 1.21. The first-order valence-electron chi connectivity index (χ1n) is 23.9. The van der Waals surface area contributed by atoms with E-state index in [4.69, 9.17) is 0 Å². The molecule has 318 valence electrons. The molecule has 0 radical (unpaired) electrons. The van der Waals surface area contributed by atoms with Gasteiger partial charge in [0.1, 0.15) is 0 Å².